The predicted octanol–water partition coefficient (Wildman–Crippen LogP) is 10.3. The van der Waals surface area contributed by atoms with Gasteiger partial charge in [0.1, 0.15) is 0 Å². The number of rotatable bonds is 5. The van der Waals surface area contributed by atoms with Crippen molar-refractivity contribution in [3.8, 4) is 0 Å². The zero-order valence-electron chi connectivity index (χ0n) is 25.4. The fourth-order valence-electron chi connectivity index (χ4n) is 10.1. The maximum atomic E-state index is 6.70. The van der Waals surface area contributed by atoms with E-state index >= 15 is 0 Å². The lowest BCUT2D eigenvalue weighted by atomic mass is 9.43. The Balaban J connectivity index is 1.62. The van der Waals surface area contributed by atoms with E-state index in [9.17, 15) is 0 Å². The van der Waals surface area contributed by atoms with Crippen LogP contribution in [0.4, 0.5) is 0 Å². The van der Waals surface area contributed by atoms with Gasteiger partial charge in [-0.1, -0.05) is 64.3 Å². The van der Waals surface area contributed by atoms with Crippen molar-refractivity contribution in [1.29, 1.82) is 0 Å². The van der Waals surface area contributed by atoms with Crippen molar-refractivity contribution in [2.45, 2.75) is 152 Å². The summed E-state index contributed by atoms with van der Waals surface area (Å²) in [4.78, 5) is 0. The molecule has 4 aliphatic rings. The van der Waals surface area contributed by atoms with Crippen molar-refractivity contribution in [2.75, 3.05) is 0 Å². The number of hydrogen-bond donors (Lipinski definition) is 0. The largest absolute Gasteiger partial charge is 0.372 e. The van der Waals surface area contributed by atoms with Gasteiger partial charge in [0, 0.05) is 0 Å². The Morgan fingerprint density at radius 3 is 2.26 bits per heavy atom. The van der Waals surface area contributed by atoms with Gasteiger partial charge in [0.25, 0.3) is 0 Å². The maximum absolute atomic E-state index is 6.70. The Morgan fingerprint density at radius 2 is 1.63 bits per heavy atom. The topological polar surface area (TPSA) is 9.23 Å². The Labute approximate surface area is 218 Å². The molecule has 0 aromatic rings. The number of hydrogen-bond acceptors (Lipinski definition) is 1. The van der Waals surface area contributed by atoms with Crippen LogP contribution in [0.1, 0.15) is 140 Å². The molecule has 0 aliphatic heterocycles. The van der Waals surface area contributed by atoms with Gasteiger partial charge in [0.05, 0.1) is 11.7 Å². The summed E-state index contributed by atoms with van der Waals surface area (Å²) in [5, 5.41) is 0. The molecule has 0 N–H and O–H groups in total. The summed E-state index contributed by atoms with van der Waals surface area (Å²) in [5.74, 6) is 2.45. The van der Waals surface area contributed by atoms with E-state index in [1.54, 1.807) is 0 Å². The van der Waals surface area contributed by atoms with Crippen LogP contribution in [-0.2, 0) is 4.74 Å². The zero-order chi connectivity index (χ0) is 26.0. The van der Waals surface area contributed by atoms with E-state index in [0.29, 0.717) is 22.3 Å². The summed E-state index contributed by atoms with van der Waals surface area (Å²) in [5.41, 5.74) is 6.74. The first-order chi connectivity index (χ1) is 16.1. The second-order valence-electron chi connectivity index (χ2n) is 15.8. The molecule has 35 heavy (non-hydrogen) atoms. The molecule has 2 fully saturated rings. The molecule has 0 radical (unpaired) electrons. The number of fused-ring (bicyclic) bond motifs is 4. The summed E-state index contributed by atoms with van der Waals surface area (Å²) in [6, 6.07) is 0. The predicted molar refractivity (Wildman–Crippen MR) is 151 cm³/mol. The third-order valence-electron chi connectivity index (χ3n) is 12.1. The minimum absolute atomic E-state index is 0.0595. The molecule has 4 rings (SSSR count). The molecule has 0 aromatic carbocycles. The lowest BCUT2D eigenvalue weighted by molar-refractivity contribution is -0.170. The summed E-state index contributed by atoms with van der Waals surface area (Å²) in [6.07, 6.45) is 16.3. The van der Waals surface area contributed by atoms with Crippen LogP contribution in [0.2, 0.25) is 0 Å². The van der Waals surface area contributed by atoms with E-state index in [2.05, 4.69) is 82.2 Å². The van der Waals surface area contributed by atoms with Gasteiger partial charge in [0.15, 0.2) is 0 Å². The van der Waals surface area contributed by atoms with Crippen LogP contribution < -0.4 is 0 Å². The van der Waals surface area contributed by atoms with E-state index in [4.69, 9.17) is 4.74 Å². The molecular weight excluding hydrogens is 424 g/mol. The number of allylic oxidation sites excluding steroid dienone is 4. The van der Waals surface area contributed by atoms with Crippen molar-refractivity contribution in [1.82, 2.24) is 0 Å². The van der Waals surface area contributed by atoms with E-state index in [-0.39, 0.29) is 11.0 Å². The molecule has 200 valence electrons. The highest BCUT2D eigenvalue weighted by Crippen LogP contribution is 2.72. The van der Waals surface area contributed by atoms with Crippen LogP contribution in [0.25, 0.3) is 0 Å². The highest BCUT2D eigenvalue weighted by Gasteiger charge is 2.63. The van der Waals surface area contributed by atoms with Gasteiger partial charge in [-0.05, 0) is 138 Å². The minimum atomic E-state index is -0.0595. The summed E-state index contributed by atoms with van der Waals surface area (Å²) in [6.45, 7) is 26.9. The fraction of sp³-hybridized carbons (Fsp3) is 0.882. The normalized spacial score (nSPS) is 41.6. The SMILES string of the molecule is CC(C)=CCC[C@@H](C)[C@H]1CC[C@@]2(C)C3=C(CC[C@@]12C)[C@@]1(C)CCC(OC(C)(C)C)C(C)(C)C1CC3. The van der Waals surface area contributed by atoms with Crippen LogP contribution >= 0.6 is 0 Å². The second-order valence-corrected chi connectivity index (χ2v) is 15.8. The molecule has 7 atom stereocenters. The standard InChI is InChI=1S/C34H58O/c1-23(2)13-12-14-24(3)25-17-21-34(11)27-15-16-28-31(7,8)29(35-30(4,5)6)19-20-32(28,9)26(27)18-22-33(25,34)10/h13,24-25,28-29H,12,14-22H2,1-11H3/t24-,25-,28?,29?,32-,33+,34+/m1/s1. The Bertz CT molecular complexity index is 864. The molecule has 0 spiro atoms. The Kier molecular flexibility index (Phi) is 7.09. The van der Waals surface area contributed by atoms with E-state index < -0.39 is 0 Å². The summed E-state index contributed by atoms with van der Waals surface area (Å²) >= 11 is 0. The minimum Gasteiger partial charge on any atom is -0.372 e. The zero-order valence-corrected chi connectivity index (χ0v) is 25.4. The van der Waals surface area contributed by atoms with Gasteiger partial charge < -0.3 is 4.74 Å². The van der Waals surface area contributed by atoms with Crippen molar-refractivity contribution in [2.24, 2.45) is 39.4 Å². The number of ether oxygens (including phenoxy) is 1. The van der Waals surface area contributed by atoms with E-state index in [1.165, 1.54) is 69.8 Å². The molecular formula is C34H58O. The van der Waals surface area contributed by atoms with Crippen LogP contribution in [0.15, 0.2) is 22.8 Å². The molecule has 1 nitrogen and oxygen atoms in total. The lowest BCUT2D eigenvalue weighted by Gasteiger charge is -2.63. The Hall–Kier alpha value is -0.560. The molecule has 0 aromatic heterocycles. The van der Waals surface area contributed by atoms with Gasteiger partial charge in [-0.2, -0.15) is 0 Å². The van der Waals surface area contributed by atoms with Crippen LogP contribution in [-0.4, -0.2) is 11.7 Å². The first kappa shape index (κ1) is 27.5. The molecule has 0 amide bonds. The molecule has 2 saturated carbocycles. The molecule has 4 aliphatic carbocycles. The highest BCUT2D eigenvalue weighted by atomic mass is 16.5. The molecule has 2 unspecified atom stereocenters. The van der Waals surface area contributed by atoms with Gasteiger partial charge >= 0.3 is 0 Å². The average Bonchev–Trinajstić information content (AvgIpc) is 3.01. The molecule has 0 heterocycles. The summed E-state index contributed by atoms with van der Waals surface area (Å²) in [7, 11) is 0. The quantitative estimate of drug-likeness (QED) is 0.354. The van der Waals surface area contributed by atoms with Gasteiger partial charge in [-0.25, -0.2) is 0 Å². The van der Waals surface area contributed by atoms with Crippen LogP contribution in [0, 0.1) is 39.4 Å². The third-order valence-corrected chi connectivity index (χ3v) is 12.1. The fourth-order valence-corrected chi connectivity index (χ4v) is 10.1. The van der Waals surface area contributed by atoms with Gasteiger partial charge in [-0.3, -0.25) is 0 Å². The Morgan fingerprint density at radius 1 is 0.943 bits per heavy atom. The van der Waals surface area contributed by atoms with Crippen LogP contribution in [0.5, 0.6) is 0 Å². The van der Waals surface area contributed by atoms with Crippen molar-refractivity contribution in [3.63, 3.8) is 0 Å². The smallest absolute Gasteiger partial charge is 0.0636 e. The van der Waals surface area contributed by atoms with Crippen molar-refractivity contribution >= 4 is 0 Å². The second kappa shape index (κ2) is 9.03. The summed E-state index contributed by atoms with van der Waals surface area (Å²) < 4.78 is 6.70. The van der Waals surface area contributed by atoms with Gasteiger partial charge in [-0.15, -0.1) is 0 Å². The maximum Gasteiger partial charge on any atom is 0.0636 e. The van der Waals surface area contributed by atoms with Crippen molar-refractivity contribution < 1.29 is 4.74 Å². The molecule has 0 saturated heterocycles. The van der Waals surface area contributed by atoms with Gasteiger partial charge in [0.2, 0.25) is 0 Å². The molecule has 0 bridgehead atoms. The molecule has 1 heteroatoms. The third kappa shape index (κ3) is 4.42. The lowest BCUT2D eigenvalue weighted by Crippen LogP contribution is -2.56. The first-order valence-electron chi connectivity index (χ1n) is 15.1. The monoisotopic (exact) mass is 482 g/mol. The van der Waals surface area contributed by atoms with Crippen molar-refractivity contribution in [3.05, 3.63) is 22.8 Å². The van der Waals surface area contributed by atoms with E-state index in [0.717, 1.165) is 17.8 Å². The van der Waals surface area contributed by atoms with Crippen LogP contribution in [0.3, 0.4) is 0 Å². The first-order valence-corrected chi connectivity index (χ1v) is 15.1. The average molecular weight is 483 g/mol. The van der Waals surface area contributed by atoms with E-state index in [1.807, 2.05) is 11.1 Å². The highest BCUT2D eigenvalue weighted by molar-refractivity contribution is 5.38.